The Morgan fingerprint density at radius 3 is 2.60 bits per heavy atom. The van der Waals surface area contributed by atoms with E-state index in [1.165, 1.54) is 4.31 Å². The number of Topliss-reactive ketones (excluding diaryl/α,β-unsaturated/α-hetero) is 1. The summed E-state index contributed by atoms with van der Waals surface area (Å²) in [6, 6.07) is 5.50. The van der Waals surface area contributed by atoms with Crippen LogP contribution in [0.3, 0.4) is 0 Å². The first-order chi connectivity index (χ1) is 9.49. The fourth-order valence-corrected chi connectivity index (χ4v) is 3.94. The Bertz CT molecular complexity index is 549. The van der Waals surface area contributed by atoms with Crippen molar-refractivity contribution in [2.75, 3.05) is 18.8 Å². The van der Waals surface area contributed by atoms with Gasteiger partial charge in [0.05, 0.1) is 5.75 Å². The summed E-state index contributed by atoms with van der Waals surface area (Å²) in [5, 5.41) is 0. The maximum Gasteiger partial charge on any atom is 0.214 e. The van der Waals surface area contributed by atoms with Crippen LogP contribution in [0.4, 0.5) is 0 Å². The Balaban J connectivity index is 1.90. The molecule has 0 spiro atoms. The number of nitrogens with zero attached hydrogens (tertiary/aromatic N) is 2. The van der Waals surface area contributed by atoms with Gasteiger partial charge in [-0.25, -0.2) is 12.7 Å². The van der Waals surface area contributed by atoms with E-state index in [-0.39, 0.29) is 17.5 Å². The molecule has 1 aromatic heterocycles. The summed E-state index contributed by atoms with van der Waals surface area (Å²) in [6.07, 6.45) is 3.37. The highest BCUT2D eigenvalue weighted by atomic mass is 32.2. The third-order valence-corrected chi connectivity index (χ3v) is 5.64. The van der Waals surface area contributed by atoms with Crippen molar-refractivity contribution in [1.82, 2.24) is 9.29 Å². The van der Waals surface area contributed by atoms with Gasteiger partial charge in [0.25, 0.3) is 0 Å². The number of pyridine rings is 1. The second kappa shape index (κ2) is 6.45. The molecule has 110 valence electrons. The van der Waals surface area contributed by atoms with Crippen molar-refractivity contribution in [3.63, 3.8) is 0 Å². The zero-order valence-electron chi connectivity index (χ0n) is 11.7. The summed E-state index contributed by atoms with van der Waals surface area (Å²) in [5.41, 5.74) is 0.787. The fraction of sp³-hybridized carbons (Fsp3) is 0.571. The average molecular weight is 296 g/mol. The van der Waals surface area contributed by atoms with Crippen molar-refractivity contribution in [2.45, 2.75) is 26.2 Å². The molecule has 2 rings (SSSR count). The van der Waals surface area contributed by atoms with E-state index in [2.05, 4.69) is 4.98 Å². The van der Waals surface area contributed by atoms with Crippen molar-refractivity contribution in [2.24, 2.45) is 5.92 Å². The highest BCUT2D eigenvalue weighted by Crippen LogP contribution is 2.20. The maximum absolute atomic E-state index is 12.2. The monoisotopic (exact) mass is 296 g/mol. The molecule has 1 aliphatic heterocycles. The molecule has 1 saturated heterocycles. The second-order valence-corrected chi connectivity index (χ2v) is 7.26. The Labute approximate surface area is 120 Å². The van der Waals surface area contributed by atoms with Crippen molar-refractivity contribution in [1.29, 1.82) is 0 Å². The number of piperidine rings is 1. The van der Waals surface area contributed by atoms with Crippen molar-refractivity contribution < 1.29 is 13.2 Å². The van der Waals surface area contributed by atoms with Crippen LogP contribution in [-0.2, 0) is 21.2 Å². The number of aryl methyl sites for hydroxylation is 1. The molecule has 0 unspecified atom stereocenters. The number of aromatic nitrogens is 1. The molecule has 0 bridgehead atoms. The van der Waals surface area contributed by atoms with E-state index in [9.17, 15) is 13.2 Å². The average Bonchev–Trinajstić information content (AvgIpc) is 2.46. The lowest BCUT2D eigenvalue weighted by atomic mass is 9.95. The van der Waals surface area contributed by atoms with Gasteiger partial charge >= 0.3 is 0 Å². The second-order valence-electron chi connectivity index (χ2n) is 5.17. The number of hydrogen-bond acceptors (Lipinski definition) is 4. The highest BCUT2D eigenvalue weighted by Gasteiger charge is 2.29. The van der Waals surface area contributed by atoms with Crippen molar-refractivity contribution in [3.8, 4) is 0 Å². The zero-order chi connectivity index (χ0) is 14.6. The molecule has 0 aromatic carbocycles. The van der Waals surface area contributed by atoms with E-state index < -0.39 is 10.0 Å². The number of hydrogen-bond donors (Lipinski definition) is 0. The number of carbonyl (C=O) groups excluding carboxylic acids is 1. The number of ketones is 1. The normalized spacial score (nSPS) is 18.1. The summed E-state index contributed by atoms with van der Waals surface area (Å²) < 4.78 is 26.0. The third kappa shape index (κ3) is 3.86. The van der Waals surface area contributed by atoms with Crippen LogP contribution in [0.25, 0.3) is 0 Å². The molecule has 1 aliphatic rings. The quantitative estimate of drug-likeness (QED) is 0.820. The van der Waals surface area contributed by atoms with Crippen molar-refractivity contribution >= 4 is 15.8 Å². The van der Waals surface area contributed by atoms with Crippen LogP contribution in [0.1, 0.15) is 25.5 Å². The first-order valence-corrected chi connectivity index (χ1v) is 8.48. The molecular weight excluding hydrogens is 276 g/mol. The molecule has 1 fully saturated rings. The summed E-state index contributed by atoms with van der Waals surface area (Å²) in [7, 11) is -3.25. The molecule has 0 N–H and O–H groups in total. The van der Waals surface area contributed by atoms with E-state index in [4.69, 9.17) is 0 Å². The predicted octanol–water partition coefficient (Wildman–Crippen LogP) is 1.25. The first-order valence-electron chi connectivity index (χ1n) is 6.87. The lowest BCUT2D eigenvalue weighted by Gasteiger charge is -2.30. The molecular formula is C14H20N2O3S. The van der Waals surface area contributed by atoms with E-state index >= 15 is 0 Å². The Hall–Kier alpha value is -1.27. The highest BCUT2D eigenvalue weighted by molar-refractivity contribution is 7.89. The SMILES string of the molecule is CC(=O)C1CCN(S(=O)(=O)CCc2ccccn2)CC1. The Kier molecular flexibility index (Phi) is 4.88. The van der Waals surface area contributed by atoms with Gasteiger partial charge in [-0.1, -0.05) is 6.07 Å². The van der Waals surface area contributed by atoms with E-state index in [1.54, 1.807) is 13.1 Å². The molecule has 5 nitrogen and oxygen atoms in total. The van der Waals surface area contributed by atoms with Crippen LogP contribution in [-0.4, -0.2) is 42.3 Å². The van der Waals surface area contributed by atoms with Crippen LogP contribution in [0.2, 0.25) is 0 Å². The number of sulfonamides is 1. The minimum Gasteiger partial charge on any atom is -0.300 e. The van der Waals surface area contributed by atoms with Gasteiger partial charge in [0.1, 0.15) is 5.78 Å². The summed E-state index contributed by atoms with van der Waals surface area (Å²) in [5.74, 6) is 0.266. The van der Waals surface area contributed by atoms with Gasteiger partial charge in [0.15, 0.2) is 0 Å². The minimum absolute atomic E-state index is 0.0252. The van der Waals surface area contributed by atoms with Gasteiger partial charge in [-0.05, 0) is 31.9 Å². The Morgan fingerprint density at radius 2 is 2.05 bits per heavy atom. The molecule has 0 aliphatic carbocycles. The minimum atomic E-state index is -3.25. The topological polar surface area (TPSA) is 67.3 Å². The van der Waals surface area contributed by atoms with Gasteiger partial charge in [-0.15, -0.1) is 0 Å². The molecule has 20 heavy (non-hydrogen) atoms. The molecule has 2 heterocycles. The summed E-state index contributed by atoms with van der Waals surface area (Å²) >= 11 is 0. The fourth-order valence-electron chi connectivity index (χ4n) is 2.45. The summed E-state index contributed by atoms with van der Waals surface area (Å²) in [4.78, 5) is 15.4. The largest absolute Gasteiger partial charge is 0.300 e. The molecule has 1 aromatic rings. The summed E-state index contributed by atoms with van der Waals surface area (Å²) in [6.45, 7) is 2.49. The third-order valence-electron chi connectivity index (χ3n) is 3.76. The van der Waals surface area contributed by atoms with Gasteiger partial charge in [-0.2, -0.15) is 0 Å². The molecule has 0 atom stereocenters. The van der Waals surface area contributed by atoms with Crippen LogP contribution in [0.15, 0.2) is 24.4 Å². The molecule has 6 heteroatoms. The maximum atomic E-state index is 12.2. The number of carbonyl (C=O) groups is 1. The number of rotatable bonds is 5. The Morgan fingerprint density at radius 1 is 1.35 bits per heavy atom. The lowest BCUT2D eigenvalue weighted by Crippen LogP contribution is -2.41. The van der Waals surface area contributed by atoms with Crippen molar-refractivity contribution in [3.05, 3.63) is 30.1 Å². The van der Waals surface area contributed by atoms with Crippen LogP contribution in [0.5, 0.6) is 0 Å². The van der Waals surface area contributed by atoms with Gasteiger partial charge in [0, 0.05) is 37.3 Å². The molecule has 0 saturated carbocycles. The standard InChI is InChI=1S/C14H20N2O3S/c1-12(17)13-5-9-16(10-6-13)20(18,19)11-7-14-4-2-3-8-15-14/h2-4,8,13H,5-7,9-11H2,1H3. The molecule has 0 amide bonds. The molecule has 0 radical (unpaired) electrons. The lowest BCUT2D eigenvalue weighted by molar-refractivity contribution is -0.121. The smallest absolute Gasteiger partial charge is 0.214 e. The first kappa shape index (κ1) is 15.1. The van der Waals surface area contributed by atoms with Crippen LogP contribution >= 0.6 is 0 Å². The van der Waals surface area contributed by atoms with E-state index in [0.29, 0.717) is 32.4 Å². The zero-order valence-corrected chi connectivity index (χ0v) is 12.5. The van der Waals surface area contributed by atoms with E-state index in [0.717, 1.165) is 5.69 Å². The van der Waals surface area contributed by atoms with Gasteiger partial charge in [-0.3, -0.25) is 9.78 Å². The van der Waals surface area contributed by atoms with Crippen LogP contribution in [0, 0.1) is 5.92 Å². The predicted molar refractivity (Wildman–Crippen MR) is 76.7 cm³/mol. The van der Waals surface area contributed by atoms with Crippen LogP contribution < -0.4 is 0 Å². The van der Waals surface area contributed by atoms with Gasteiger partial charge < -0.3 is 0 Å². The van der Waals surface area contributed by atoms with E-state index in [1.807, 2.05) is 18.2 Å². The van der Waals surface area contributed by atoms with Gasteiger partial charge in [0.2, 0.25) is 10.0 Å².